The molecule has 0 aromatic heterocycles. The van der Waals surface area contributed by atoms with E-state index in [9.17, 15) is 13.2 Å². The average molecular weight is 261 g/mol. The summed E-state index contributed by atoms with van der Waals surface area (Å²) in [5, 5.41) is 11.4. The van der Waals surface area contributed by atoms with Gasteiger partial charge in [-0.2, -0.15) is 13.2 Å². The van der Waals surface area contributed by atoms with E-state index >= 15 is 0 Å². The first-order valence-corrected chi connectivity index (χ1v) is 5.70. The number of hydrogen-bond acceptors (Lipinski definition) is 2. The van der Waals surface area contributed by atoms with Crippen LogP contribution in [-0.2, 0) is 5.41 Å². The largest absolute Gasteiger partial charge is 0.416 e. The van der Waals surface area contributed by atoms with E-state index in [1.165, 1.54) is 0 Å². The van der Waals surface area contributed by atoms with E-state index in [1.807, 2.05) is 12.1 Å². The van der Waals surface area contributed by atoms with Crippen LogP contribution in [0.25, 0.3) is 0 Å². The lowest BCUT2D eigenvalue weighted by Crippen LogP contribution is -2.35. The number of aliphatic hydroxyl groups excluding tert-OH is 1. The smallest absolute Gasteiger partial charge is 0.382 e. The number of halogens is 3. The Balaban J connectivity index is 2.60. The molecule has 0 amide bonds. The molecule has 0 bridgehead atoms. The second kappa shape index (κ2) is 5.18. The van der Waals surface area contributed by atoms with Crippen molar-refractivity contribution in [2.45, 2.75) is 38.5 Å². The molecule has 0 saturated carbocycles. The van der Waals surface area contributed by atoms with Gasteiger partial charge in [0.15, 0.2) is 6.10 Å². The number of alkyl halides is 3. The van der Waals surface area contributed by atoms with Gasteiger partial charge in [0.25, 0.3) is 0 Å². The van der Waals surface area contributed by atoms with Gasteiger partial charge in [-0.3, -0.25) is 0 Å². The highest BCUT2D eigenvalue weighted by Gasteiger charge is 2.37. The molecule has 2 N–H and O–H groups in total. The van der Waals surface area contributed by atoms with Crippen LogP contribution in [0.3, 0.4) is 0 Å². The quantitative estimate of drug-likeness (QED) is 0.874. The molecule has 1 aromatic carbocycles. The van der Waals surface area contributed by atoms with Crippen LogP contribution in [0.1, 0.15) is 26.3 Å². The van der Waals surface area contributed by atoms with Crippen LogP contribution in [-0.4, -0.2) is 23.9 Å². The minimum Gasteiger partial charge on any atom is -0.382 e. The van der Waals surface area contributed by atoms with Crippen molar-refractivity contribution in [3.63, 3.8) is 0 Å². The zero-order valence-electron chi connectivity index (χ0n) is 10.7. The highest BCUT2D eigenvalue weighted by Crippen LogP contribution is 2.24. The van der Waals surface area contributed by atoms with E-state index in [-0.39, 0.29) is 5.41 Å². The predicted molar refractivity (Wildman–Crippen MR) is 65.7 cm³/mol. The molecule has 1 aromatic rings. The molecule has 0 heterocycles. The molecule has 0 spiro atoms. The summed E-state index contributed by atoms with van der Waals surface area (Å²) in [5.74, 6) is 0. The molecule has 102 valence electrons. The predicted octanol–water partition coefficient (Wildman–Crippen LogP) is 3.32. The third kappa shape index (κ3) is 4.22. The molecular weight excluding hydrogens is 243 g/mol. The molecule has 0 saturated heterocycles. The van der Waals surface area contributed by atoms with Crippen LogP contribution in [0.4, 0.5) is 18.9 Å². The number of rotatable bonds is 3. The van der Waals surface area contributed by atoms with Gasteiger partial charge in [0, 0.05) is 12.2 Å². The molecule has 0 aliphatic carbocycles. The fourth-order valence-corrected chi connectivity index (χ4v) is 1.42. The third-order valence-electron chi connectivity index (χ3n) is 2.63. The summed E-state index contributed by atoms with van der Waals surface area (Å²) in [6.45, 7) is 5.63. The zero-order valence-corrected chi connectivity index (χ0v) is 10.7. The molecule has 1 unspecified atom stereocenters. The molecule has 18 heavy (non-hydrogen) atoms. The first-order chi connectivity index (χ1) is 8.10. The van der Waals surface area contributed by atoms with E-state index in [4.69, 9.17) is 5.11 Å². The fourth-order valence-electron chi connectivity index (χ4n) is 1.42. The van der Waals surface area contributed by atoms with E-state index in [0.29, 0.717) is 5.69 Å². The third-order valence-corrected chi connectivity index (χ3v) is 2.63. The van der Waals surface area contributed by atoms with E-state index in [0.717, 1.165) is 5.56 Å². The van der Waals surface area contributed by atoms with Gasteiger partial charge in [0.2, 0.25) is 0 Å². The molecule has 5 heteroatoms. The number of aliphatic hydroxyl groups is 1. The van der Waals surface area contributed by atoms with Gasteiger partial charge in [-0.15, -0.1) is 0 Å². The molecule has 0 aliphatic rings. The van der Waals surface area contributed by atoms with Crippen molar-refractivity contribution in [3.05, 3.63) is 29.8 Å². The summed E-state index contributed by atoms with van der Waals surface area (Å²) in [6.07, 6.45) is -6.93. The van der Waals surface area contributed by atoms with Crippen LogP contribution >= 0.6 is 0 Å². The Bertz CT molecular complexity index is 379. The standard InChI is InChI=1S/C13H18F3NO/c1-12(2,3)9-4-6-10(7-5-9)17-8-11(18)13(14,15)16/h4-7,11,17-18H,8H2,1-3H3. The summed E-state index contributed by atoms with van der Waals surface area (Å²) in [4.78, 5) is 0. The Morgan fingerprint density at radius 3 is 2.00 bits per heavy atom. The summed E-state index contributed by atoms with van der Waals surface area (Å²) >= 11 is 0. The lowest BCUT2D eigenvalue weighted by molar-refractivity contribution is -0.198. The molecule has 0 aliphatic heterocycles. The van der Waals surface area contributed by atoms with E-state index in [1.54, 1.807) is 12.1 Å². The number of nitrogens with one attached hydrogen (secondary N) is 1. The van der Waals surface area contributed by atoms with Crippen molar-refractivity contribution in [2.75, 3.05) is 11.9 Å². The van der Waals surface area contributed by atoms with Crippen molar-refractivity contribution >= 4 is 5.69 Å². The van der Waals surface area contributed by atoms with Crippen molar-refractivity contribution in [1.29, 1.82) is 0 Å². The number of hydrogen-bond donors (Lipinski definition) is 2. The summed E-state index contributed by atoms with van der Waals surface area (Å²) in [5.41, 5.74) is 1.67. The minimum absolute atomic E-state index is 0.00398. The van der Waals surface area contributed by atoms with Gasteiger partial charge >= 0.3 is 6.18 Å². The topological polar surface area (TPSA) is 32.3 Å². The minimum atomic E-state index is -4.58. The molecule has 1 rings (SSSR count). The highest BCUT2D eigenvalue weighted by molar-refractivity contribution is 5.45. The number of benzene rings is 1. The summed E-state index contributed by atoms with van der Waals surface area (Å²) in [6, 6.07) is 7.15. The molecule has 1 atom stereocenters. The van der Waals surface area contributed by atoms with Gasteiger partial charge < -0.3 is 10.4 Å². The highest BCUT2D eigenvalue weighted by atomic mass is 19.4. The maximum atomic E-state index is 12.1. The van der Waals surface area contributed by atoms with Crippen LogP contribution < -0.4 is 5.32 Å². The van der Waals surface area contributed by atoms with Gasteiger partial charge in [0.05, 0.1) is 0 Å². The van der Waals surface area contributed by atoms with E-state index in [2.05, 4.69) is 26.1 Å². The Hall–Kier alpha value is -1.23. The summed E-state index contributed by atoms with van der Waals surface area (Å²) < 4.78 is 36.2. The van der Waals surface area contributed by atoms with Crippen molar-refractivity contribution in [1.82, 2.24) is 0 Å². The lowest BCUT2D eigenvalue weighted by Gasteiger charge is -2.20. The molecule has 0 fully saturated rings. The molecular formula is C13H18F3NO. The van der Waals surface area contributed by atoms with Crippen LogP contribution in [0.5, 0.6) is 0 Å². The maximum absolute atomic E-state index is 12.1. The molecule has 2 nitrogen and oxygen atoms in total. The average Bonchev–Trinajstić information content (AvgIpc) is 2.24. The van der Waals surface area contributed by atoms with Crippen molar-refractivity contribution in [2.24, 2.45) is 0 Å². The maximum Gasteiger partial charge on any atom is 0.416 e. The SMILES string of the molecule is CC(C)(C)c1ccc(NCC(O)C(F)(F)F)cc1. The second-order valence-corrected chi connectivity index (χ2v) is 5.27. The Morgan fingerprint density at radius 2 is 1.61 bits per heavy atom. The van der Waals surface area contributed by atoms with Crippen LogP contribution in [0.15, 0.2) is 24.3 Å². The van der Waals surface area contributed by atoms with E-state index < -0.39 is 18.8 Å². The molecule has 0 radical (unpaired) electrons. The van der Waals surface area contributed by atoms with Gasteiger partial charge in [-0.05, 0) is 23.1 Å². The van der Waals surface area contributed by atoms with Gasteiger partial charge in [-0.25, -0.2) is 0 Å². The van der Waals surface area contributed by atoms with Crippen molar-refractivity contribution < 1.29 is 18.3 Å². The summed E-state index contributed by atoms with van der Waals surface area (Å²) in [7, 11) is 0. The first kappa shape index (κ1) is 14.8. The van der Waals surface area contributed by atoms with Crippen LogP contribution in [0, 0.1) is 0 Å². The van der Waals surface area contributed by atoms with Crippen molar-refractivity contribution in [3.8, 4) is 0 Å². The first-order valence-electron chi connectivity index (χ1n) is 5.70. The Kier molecular flexibility index (Phi) is 4.27. The second-order valence-electron chi connectivity index (χ2n) is 5.27. The number of anilines is 1. The van der Waals surface area contributed by atoms with Gasteiger partial charge in [-0.1, -0.05) is 32.9 Å². The monoisotopic (exact) mass is 261 g/mol. The Morgan fingerprint density at radius 1 is 1.11 bits per heavy atom. The normalized spacial score (nSPS) is 14.4. The lowest BCUT2D eigenvalue weighted by atomic mass is 9.87. The fraction of sp³-hybridized carbons (Fsp3) is 0.538. The zero-order chi connectivity index (χ0) is 14.0. The Labute approximate surface area is 105 Å². The van der Waals surface area contributed by atoms with Gasteiger partial charge in [0.1, 0.15) is 0 Å². The van der Waals surface area contributed by atoms with Crippen LogP contribution in [0.2, 0.25) is 0 Å².